The van der Waals surface area contributed by atoms with Crippen LogP contribution in [-0.2, 0) is 12.8 Å². The van der Waals surface area contributed by atoms with E-state index < -0.39 is 0 Å². The van der Waals surface area contributed by atoms with Gasteiger partial charge in [0.15, 0.2) is 0 Å². The molecule has 1 atom stereocenters. The number of rotatable bonds is 5. The average Bonchev–Trinajstić information content (AvgIpc) is 3.28. The Balaban J connectivity index is 1.52. The highest BCUT2D eigenvalue weighted by atomic mass is 32.1. The Morgan fingerprint density at radius 2 is 2.12 bits per heavy atom. The minimum Gasteiger partial charge on any atom is -0.358 e. The van der Waals surface area contributed by atoms with E-state index in [0.717, 1.165) is 23.9 Å². The molecule has 0 aliphatic heterocycles. The van der Waals surface area contributed by atoms with Gasteiger partial charge in [0.1, 0.15) is 0 Å². The van der Waals surface area contributed by atoms with Crippen molar-refractivity contribution in [1.29, 1.82) is 0 Å². The first kappa shape index (κ1) is 17.3. The number of H-pyrrole nitrogens is 1. The maximum Gasteiger partial charge on any atom is 0.251 e. The molecule has 26 heavy (non-hydrogen) atoms. The lowest BCUT2D eigenvalue weighted by Gasteiger charge is -2.24. The number of benzene rings is 1. The zero-order valence-electron chi connectivity index (χ0n) is 15.3. The van der Waals surface area contributed by atoms with Crippen molar-refractivity contribution in [3.8, 4) is 0 Å². The van der Waals surface area contributed by atoms with Crippen LogP contribution in [0.3, 0.4) is 0 Å². The maximum atomic E-state index is 12.7. The largest absolute Gasteiger partial charge is 0.358 e. The number of hydrogen-bond acceptors (Lipinski definition) is 3. The van der Waals surface area contributed by atoms with Crippen molar-refractivity contribution in [1.82, 2.24) is 15.2 Å². The number of carbonyl (C=O) groups is 1. The van der Waals surface area contributed by atoms with Crippen molar-refractivity contribution < 1.29 is 4.79 Å². The van der Waals surface area contributed by atoms with Gasteiger partial charge in [-0.15, -0.1) is 0 Å². The number of hydrogen-bond donors (Lipinski definition) is 2. The molecule has 0 saturated carbocycles. The van der Waals surface area contributed by atoms with Crippen LogP contribution in [0.15, 0.2) is 35.0 Å². The average molecular weight is 368 g/mol. The van der Waals surface area contributed by atoms with Crippen molar-refractivity contribution in [2.75, 3.05) is 20.6 Å². The smallest absolute Gasteiger partial charge is 0.251 e. The van der Waals surface area contributed by atoms with E-state index in [0.29, 0.717) is 6.54 Å². The standard InChI is InChI=1S/C21H25N3OS/c1-24(2)20(15-9-10-26-13-15)12-22-21(25)14-7-8-19-17(11-14)16-5-3-4-6-18(16)23-19/h7-11,13,20,23H,3-6,12H2,1-2H3,(H,22,25)/t20-/m1/s1. The number of amides is 1. The third kappa shape index (κ3) is 3.29. The van der Waals surface area contributed by atoms with Gasteiger partial charge in [-0.05, 0) is 85.9 Å². The number of thiophene rings is 1. The highest BCUT2D eigenvalue weighted by molar-refractivity contribution is 7.07. The quantitative estimate of drug-likeness (QED) is 0.712. The highest BCUT2D eigenvalue weighted by Crippen LogP contribution is 2.29. The van der Waals surface area contributed by atoms with Gasteiger partial charge in [-0.3, -0.25) is 4.79 Å². The highest BCUT2D eigenvalue weighted by Gasteiger charge is 2.19. The zero-order chi connectivity index (χ0) is 18.1. The normalized spacial score (nSPS) is 15.2. The van der Waals surface area contributed by atoms with Crippen LogP contribution >= 0.6 is 11.3 Å². The Hall–Kier alpha value is -2.11. The molecule has 5 heteroatoms. The Morgan fingerprint density at radius 3 is 2.88 bits per heavy atom. The van der Waals surface area contributed by atoms with Gasteiger partial charge in [-0.25, -0.2) is 0 Å². The SMILES string of the molecule is CN(C)[C@H](CNC(=O)c1ccc2[nH]c3c(c2c1)CCCC3)c1ccsc1. The summed E-state index contributed by atoms with van der Waals surface area (Å²) in [4.78, 5) is 18.4. The molecule has 2 heterocycles. The summed E-state index contributed by atoms with van der Waals surface area (Å²) in [6.45, 7) is 0.603. The van der Waals surface area contributed by atoms with E-state index >= 15 is 0 Å². The number of aromatic amines is 1. The fourth-order valence-electron chi connectivity index (χ4n) is 3.90. The van der Waals surface area contributed by atoms with Crippen molar-refractivity contribution in [2.24, 2.45) is 0 Å². The molecule has 136 valence electrons. The number of nitrogens with zero attached hydrogens (tertiary/aromatic N) is 1. The van der Waals surface area contributed by atoms with Crippen LogP contribution in [0.2, 0.25) is 0 Å². The first-order chi connectivity index (χ1) is 12.6. The Kier molecular flexibility index (Phi) is 4.83. The molecule has 0 fully saturated rings. The molecule has 2 N–H and O–H groups in total. The molecule has 0 bridgehead atoms. The van der Waals surface area contributed by atoms with Gasteiger partial charge in [-0.1, -0.05) is 0 Å². The Morgan fingerprint density at radius 1 is 1.27 bits per heavy atom. The number of aryl methyl sites for hydroxylation is 2. The van der Waals surface area contributed by atoms with Gasteiger partial charge in [0.25, 0.3) is 5.91 Å². The molecule has 1 aromatic carbocycles. The van der Waals surface area contributed by atoms with E-state index in [4.69, 9.17) is 0 Å². The lowest BCUT2D eigenvalue weighted by Crippen LogP contribution is -2.34. The summed E-state index contributed by atoms with van der Waals surface area (Å²) in [6, 6.07) is 8.34. The summed E-state index contributed by atoms with van der Waals surface area (Å²) >= 11 is 1.69. The van der Waals surface area contributed by atoms with Crippen LogP contribution in [0.5, 0.6) is 0 Å². The van der Waals surface area contributed by atoms with Gasteiger partial charge in [0, 0.05) is 28.7 Å². The van der Waals surface area contributed by atoms with Gasteiger partial charge in [0.05, 0.1) is 6.04 Å². The number of likely N-dealkylation sites (N-methyl/N-ethyl adjacent to an activating group) is 1. The molecule has 1 amide bonds. The number of carbonyl (C=O) groups excluding carboxylic acids is 1. The van der Waals surface area contributed by atoms with E-state index in [-0.39, 0.29) is 11.9 Å². The molecule has 0 saturated heterocycles. The first-order valence-corrected chi connectivity index (χ1v) is 10.2. The van der Waals surface area contributed by atoms with Crippen molar-refractivity contribution in [3.63, 3.8) is 0 Å². The van der Waals surface area contributed by atoms with Gasteiger partial charge >= 0.3 is 0 Å². The van der Waals surface area contributed by atoms with Crippen LogP contribution in [-0.4, -0.2) is 36.4 Å². The van der Waals surface area contributed by atoms with Crippen molar-refractivity contribution in [3.05, 3.63) is 57.4 Å². The van der Waals surface area contributed by atoms with Crippen LogP contribution in [0, 0.1) is 0 Å². The molecular formula is C21H25N3OS. The minimum atomic E-state index is -0.000242. The van der Waals surface area contributed by atoms with Crippen LogP contribution < -0.4 is 5.32 Å². The van der Waals surface area contributed by atoms with E-state index in [1.54, 1.807) is 11.3 Å². The summed E-state index contributed by atoms with van der Waals surface area (Å²) in [5, 5.41) is 8.56. The molecule has 4 nitrogen and oxygen atoms in total. The molecule has 1 aliphatic carbocycles. The second-order valence-corrected chi connectivity index (χ2v) is 8.08. The molecule has 0 spiro atoms. The fraction of sp³-hybridized carbons (Fsp3) is 0.381. The lowest BCUT2D eigenvalue weighted by atomic mass is 9.95. The summed E-state index contributed by atoms with van der Waals surface area (Å²) in [7, 11) is 4.10. The monoisotopic (exact) mass is 367 g/mol. The van der Waals surface area contributed by atoms with Gasteiger partial charge < -0.3 is 15.2 Å². The number of fused-ring (bicyclic) bond motifs is 3. The molecule has 4 rings (SSSR count). The molecular weight excluding hydrogens is 342 g/mol. The van der Waals surface area contributed by atoms with E-state index in [9.17, 15) is 4.79 Å². The molecule has 1 aliphatic rings. The molecule has 0 radical (unpaired) electrons. The van der Waals surface area contributed by atoms with Crippen molar-refractivity contribution >= 4 is 28.1 Å². The summed E-state index contributed by atoms with van der Waals surface area (Å²) in [6.07, 6.45) is 4.72. The van der Waals surface area contributed by atoms with Crippen LogP contribution in [0.1, 0.15) is 46.1 Å². The van der Waals surface area contributed by atoms with Crippen LogP contribution in [0.4, 0.5) is 0 Å². The van der Waals surface area contributed by atoms with E-state index in [2.05, 4.69) is 38.1 Å². The molecule has 2 aromatic heterocycles. The van der Waals surface area contributed by atoms with E-state index in [1.807, 2.05) is 26.2 Å². The summed E-state index contributed by atoms with van der Waals surface area (Å²) in [5.74, 6) is -0.000242. The summed E-state index contributed by atoms with van der Waals surface area (Å²) < 4.78 is 0. The zero-order valence-corrected chi connectivity index (χ0v) is 16.2. The Labute approximate surface area is 158 Å². The van der Waals surface area contributed by atoms with E-state index in [1.165, 1.54) is 35.0 Å². The van der Waals surface area contributed by atoms with Gasteiger partial charge in [-0.2, -0.15) is 11.3 Å². The fourth-order valence-corrected chi connectivity index (χ4v) is 4.61. The topological polar surface area (TPSA) is 48.1 Å². The third-order valence-electron chi connectivity index (χ3n) is 5.37. The predicted molar refractivity (Wildman–Crippen MR) is 108 cm³/mol. The van der Waals surface area contributed by atoms with Crippen LogP contribution in [0.25, 0.3) is 10.9 Å². The maximum absolute atomic E-state index is 12.7. The number of nitrogens with one attached hydrogen (secondary N) is 2. The third-order valence-corrected chi connectivity index (χ3v) is 6.07. The second kappa shape index (κ2) is 7.25. The molecule has 3 aromatic rings. The number of aromatic nitrogens is 1. The van der Waals surface area contributed by atoms with Gasteiger partial charge in [0.2, 0.25) is 0 Å². The molecule has 0 unspecified atom stereocenters. The van der Waals surface area contributed by atoms with Crippen molar-refractivity contribution in [2.45, 2.75) is 31.7 Å². The lowest BCUT2D eigenvalue weighted by molar-refractivity contribution is 0.0942. The summed E-state index contributed by atoms with van der Waals surface area (Å²) in [5.41, 5.74) is 5.90. The predicted octanol–water partition coefficient (Wildman–Crippen LogP) is 4.14. The Bertz CT molecular complexity index is 911. The first-order valence-electron chi connectivity index (χ1n) is 9.23. The minimum absolute atomic E-state index is 0.000242. The second-order valence-electron chi connectivity index (χ2n) is 7.30.